The van der Waals surface area contributed by atoms with Crippen molar-refractivity contribution in [3.63, 3.8) is 0 Å². The second-order valence-corrected chi connectivity index (χ2v) is 8.15. The number of rotatable bonds is 5. The molecule has 0 spiro atoms. The number of nitrogens with zero attached hydrogens (tertiary/aromatic N) is 3. The minimum atomic E-state index is -0.0296. The number of carbonyl (C=O) groups is 1. The zero-order valence-electron chi connectivity index (χ0n) is 14.9. The maximum absolute atomic E-state index is 12.3. The van der Waals surface area contributed by atoms with Gasteiger partial charge < -0.3 is 10.2 Å². The van der Waals surface area contributed by atoms with Gasteiger partial charge in [-0.25, -0.2) is 4.79 Å². The molecule has 6 heteroatoms. The van der Waals surface area contributed by atoms with E-state index in [-0.39, 0.29) is 6.03 Å². The third-order valence-electron chi connectivity index (χ3n) is 4.95. The summed E-state index contributed by atoms with van der Waals surface area (Å²) in [6.45, 7) is 3.20. The fourth-order valence-corrected chi connectivity index (χ4v) is 4.23. The van der Waals surface area contributed by atoms with E-state index in [1.54, 1.807) is 11.9 Å². The van der Waals surface area contributed by atoms with Gasteiger partial charge >= 0.3 is 6.03 Å². The number of hydrogen-bond donors (Lipinski definition) is 1. The molecular weight excluding hydrogens is 332 g/mol. The topological polar surface area (TPSA) is 58.1 Å². The third-order valence-corrected chi connectivity index (χ3v) is 5.77. The number of hydrogen-bond acceptors (Lipinski definition) is 4. The van der Waals surface area contributed by atoms with E-state index in [2.05, 4.69) is 45.8 Å². The van der Waals surface area contributed by atoms with E-state index in [0.717, 1.165) is 16.6 Å². The summed E-state index contributed by atoms with van der Waals surface area (Å²) in [4.78, 5) is 13.9. The van der Waals surface area contributed by atoms with Gasteiger partial charge in [-0.05, 0) is 50.0 Å². The lowest BCUT2D eigenvalue weighted by Crippen LogP contribution is -2.39. The van der Waals surface area contributed by atoms with Gasteiger partial charge in [0, 0.05) is 13.6 Å². The number of aromatic nitrogens is 2. The average Bonchev–Trinajstić information content (AvgIpc) is 3.05. The lowest BCUT2D eigenvalue weighted by atomic mass is 9.79. The van der Waals surface area contributed by atoms with Crippen molar-refractivity contribution < 1.29 is 4.79 Å². The summed E-state index contributed by atoms with van der Waals surface area (Å²) in [5, 5.41) is 12.9. The highest BCUT2D eigenvalue weighted by atomic mass is 32.1. The van der Waals surface area contributed by atoms with Crippen molar-refractivity contribution >= 4 is 17.4 Å². The fraction of sp³-hybridized carbons (Fsp3) is 0.526. The number of nitrogens with one attached hydrogen (secondary N) is 1. The average molecular weight is 359 g/mol. The molecule has 1 aliphatic rings. The Labute approximate surface area is 153 Å². The summed E-state index contributed by atoms with van der Waals surface area (Å²) >= 11 is 1.53. The fourth-order valence-electron chi connectivity index (χ4n) is 3.47. The molecule has 0 unspecified atom stereocenters. The van der Waals surface area contributed by atoms with E-state index in [9.17, 15) is 4.79 Å². The second-order valence-electron chi connectivity index (χ2n) is 6.89. The molecule has 134 valence electrons. The van der Waals surface area contributed by atoms with Crippen LogP contribution in [-0.4, -0.2) is 34.7 Å². The van der Waals surface area contributed by atoms with E-state index >= 15 is 0 Å². The van der Waals surface area contributed by atoms with Crippen molar-refractivity contribution in [3.05, 3.63) is 45.9 Å². The van der Waals surface area contributed by atoms with Crippen molar-refractivity contribution in [3.8, 4) is 0 Å². The summed E-state index contributed by atoms with van der Waals surface area (Å²) in [6.07, 6.45) is 4.78. The monoisotopic (exact) mass is 358 g/mol. The summed E-state index contributed by atoms with van der Waals surface area (Å²) in [5.41, 5.74) is 1.46. The molecule has 0 atom stereocenters. The lowest BCUT2D eigenvalue weighted by molar-refractivity contribution is 0.202. The predicted octanol–water partition coefficient (Wildman–Crippen LogP) is 3.96. The first kappa shape index (κ1) is 17.9. The van der Waals surface area contributed by atoms with Gasteiger partial charge in [0.2, 0.25) is 0 Å². The lowest BCUT2D eigenvalue weighted by Gasteiger charge is -2.29. The standard InChI is InChI=1S/C19H26N4OS/c1-14-21-22-18(25-14)13-23(2)19(24)20-12-15-8-10-17(11-9-15)16-6-4-3-5-7-16/h3-7,15,17H,8-13H2,1-2H3,(H,20,24). The predicted molar refractivity (Wildman–Crippen MR) is 101 cm³/mol. The van der Waals surface area contributed by atoms with E-state index in [4.69, 9.17) is 0 Å². The molecular formula is C19H26N4OS. The molecule has 1 aromatic heterocycles. The van der Waals surface area contributed by atoms with Crippen LogP contribution in [0.3, 0.4) is 0 Å². The van der Waals surface area contributed by atoms with Crippen LogP contribution in [0.1, 0.15) is 47.2 Å². The summed E-state index contributed by atoms with van der Waals surface area (Å²) in [5.74, 6) is 1.26. The number of urea groups is 1. The Balaban J connectivity index is 1.39. The van der Waals surface area contributed by atoms with Gasteiger partial charge in [-0.1, -0.05) is 41.7 Å². The first-order valence-corrected chi connectivity index (χ1v) is 9.76. The maximum atomic E-state index is 12.3. The van der Waals surface area contributed by atoms with Crippen molar-refractivity contribution in [1.82, 2.24) is 20.4 Å². The molecule has 3 rings (SSSR count). The van der Waals surface area contributed by atoms with Crippen LogP contribution in [0.5, 0.6) is 0 Å². The first-order chi connectivity index (χ1) is 12.1. The molecule has 0 radical (unpaired) electrons. The number of benzene rings is 1. The molecule has 1 N–H and O–H groups in total. The Morgan fingerprint density at radius 2 is 1.92 bits per heavy atom. The van der Waals surface area contributed by atoms with Crippen LogP contribution < -0.4 is 5.32 Å². The van der Waals surface area contributed by atoms with Gasteiger partial charge in [0.25, 0.3) is 0 Å². The highest BCUT2D eigenvalue weighted by molar-refractivity contribution is 7.11. The van der Waals surface area contributed by atoms with Crippen LogP contribution in [0.15, 0.2) is 30.3 Å². The van der Waals surface area contributed by atoms with Gasteiger partial charge in [-0.2, -0.15) is 0 Å². The Morgan fingerprint density at radius 1 is 1.20 bits per heavy atom. The zero-order chi connectivity index (χ0) is 17.6. The first-order valence-electron chi connectivity index (χ1n) is 8.94. The van der Waals surface area contributed by atoms with E-state index < -0.39 is 0 Å². The molecule has 0 aliphatic heterocycles. The maximum Gasteiger partial charge on any atom is 0.317 e. The smallest absolute Gasteiger partial charge is 0.317 e. The molecule has 0 saturated heterocycles. The summed E-state index contributed by atoms with van der Waals surface area (Å²) < 4.78 is 0. The second kappa shape index (κ2) is 8.43. The van der Waals surface area contributed by atoms with Gasteiger partial charge in [-0.3, -0.25) is 0 Å². The Bertz CT molecular complexity index is 680. The molecule has 1 aromatic carbocycles. The van der Waals surface area contributed by atoms with Crippen LogP contribution in [0.4, 0.5) is 4.79 Å². The molecule has 5 nitrogen and oxygen atoms in total. The van der Waals surface area contributed by atoms with Crippen molar-refractivity contribution in [1.29, 1.82) is 0 Å². The summed E-state index contributed by atoms with van der Waals surface area (Å²) in [7, 11) is 1.80. The Morgan fingerprint density at radius 3 is 2.56 bits per heavy atom. The Kier molecular flexibility index (Phi) is 6.02. The number of aryl methyl sites for hydroxylation is 1. The highest BCUT2D eigenvalue weighted by Gasteiger charge is 2.23. The van der Waals surface area contributed by atoms with E-state index in [1.165, 1.54) is 42.6 Å². The van der Waals surface area contributed by atoms with E-state index in [0.29, 0.717) is 18.4 Å². The van der Waals surface area contributed by atoms with Crippen molar-refractivity contribution in [2.24, 2.45) is 5.92 Å². The molecule has 2 amide bonds. The molecule has 1 fully saturated rings. The van der Waals surface area contributed by atoms with Gasteiger partial charge in [0.15, 0.2) is 0 Å². The number of carbonyl (C=O) groups excluding carboxylic acids is 1. The van der Waals surface area contributed by atoms with Crippen LogP contribution >= 0.6 is 11.3 Å². The molecule has 1 aliphatic carbocycles. The van der Waals surface area contributed by atoms with Crippen LogP contribution in [-0.2, 0) is 6.54 Å². The normalized spacial score (nSPS) is 20.2. The van der Waals surface area contributed by atoms with Gasteiger partial charge in [0.1, 0.15) is 10.0 Å². The SMILES string of the molecule is Cc1nnc(CN(C)C(=O)NCC2CCC(c3ccccc3)CC2)s1. The third kappa shape index (κ3) is 5.01. The molecule has 25 heavy (non-hydrogen) atoms. The van der Waals surface area contributed by atoms with Crippen LogP contribution in [0.2, 0.25) is 0 Å². The largest absolute Gasteiger partial charge is 0.338 e. The quantitative estimate of drug-likeness (QED) is 0.880. The molecule has 1 heterocycles. The van der Waals surface area contributed by atoms with E-state index in [1.807, 2.05) is 6.92 Å². The number of amides is 2. The zero-order valence-corrected chi connectivity index (χ0v) is 15.8. The van der Waals surface area contributed by atoms with Crippen molar-refractivity contribution in [2.45, 2.75) is 45.1 Å². The van der Waals surface area contributed by atoms with Crippen molar-refractivity contribution in [2.75, 3.05) is 13.6 Å². The molecule has 2 aromatic rings. The molecule has 1 saturated carbocycles. The minimum absolute atomic E-state index is 0.0296. The highest BCUT2D eigenvalue weighted by Crippen LogP contribution is 2.35. The van der Waals surface area contributed by atoms with Gasteiger partial charge in [-0.15, -0.1) is 10.2 Å². The van der Waals surface area contributed by atoms with Gasteiger partial charge in [0.05, 0.1) is 6.54 Å². The van der Waals surface area contributed by atoms with Crippen LogP contribution in [0, 0.1) is 12.8 Å². The Hall–Kier alpha value is -1.95. The minimum Gasteiger partial charge on any atom is -0.338 e. The molecule has 0 bridgehead atoms. The summed E-state index contributed by atoms with van der Waals surface area (Å²) in [6, 6.07) is 10.8. The van der Waals surface area contributed by atoms with Crippen LogP contribution in [0.25, 0.3) is 0 Å².